The smallest absolute Gasteiger partial charge is 0.229 e. The summed E-state index contributed by atoms with van der Waals surface area (Å²) in [5, 5.41) is 0.412. The van der Waals surface area contributed by atoms with Crippen LogP contribution < -0.4 is 11.5 Å². The number of carbonyl (C=O) groups excluding carboxylic acids is 1. The van der Waals surface area contributed by atoms with E-state index in [1.54, 1.807) is 0 Å². The Hall–Kier alpha value is -1.73. The largest absolute Gasteiger partial charge is 0.384 e. The standard InChI is InChI=1S/C9H8ClN3O/c10-7-4-8(11)13-5-6(7)2-1-3-9(12)14/h4-5H,3H2,(H2,11,13)(H2,12,14). The van der Waals surface area contributed by atoms with Crippen LogP contribution in [0.15, 0.2) is 12.3 Å². The zero-order chi connectivity index (χ0) is 10.6. The van der Waals surface area contributed by atoms with Gasteiger partial charge < -0.3 is 11.5 Å². The number of rotatable bonds is 1. The molecule has 0 unspecified atom stereocenters. The fraction of sp³-hybridized carbons (Fsp3) is 0.111. The van der Waals surface area contributed by atoms with E-state index in [1.165, 1.54) is 12.3 Å². The Labute approximate surface area is 86.3 Å². The first-order chi connectivity index (χ1) is 6.59. The van der Waals surface area contributed by atoms with Gasteiger partial charge in [0.2, 0.25) is 5.91 Å². The molecule has 0 radical (unpaired) electrons. The van der Waals surface area contributed by atoms with Crippen molar-refractivity contribution in [3.8, 4) is 11.8 Å². The van der Waals surface area contributed by atoms with Gasteiger partial charge in [0.05, 0.1) is 17.0 Å². The zero-order valence-electron chi connectivity index (χ0n) is 7.25. The average molecular weight is 210 g/mol. The summed E-state index contributed by atoms with van der Waals surface area (Å²) >= 11 is 5.81. The van der Waals surface area contributed by atoms with Crippen LogP contribution >= 0.6 is 11.6 Å². The maximum absolute atomic E-state index is 10.4. The minimum absolute atomic E-state index is 0.000700. The molecule has 1 rings (SSSR count). The van der Waals surface area contributed by atoms with Crippen LogP contribution in [-0.4, -0.2) is 10.9 Å². The van der Waals surface area contributed by atoms with Crippen molar-refractivity contribution < 1.29 is 4.79 Å². The maximum Gasteiger partial charge on any atom is 0.229 e. The third-order valence-electron chi connectivity index (χ3n) is 1.36. The predicted molar refractivity (Wildman–Crippen MR) is 54.3 cm³/mol. The molecule has 0 atom stereocenters. The first-order valence-electron chi connectivity index (χ1n) is 3.78. The van der Waals surface area contributed by atoms with Gasteiger partial charge >= 0.3 is 0 Å². The number of nitrogens with two attached hydrogens (primary N) is 2. The highest BCUT2D eigenvalue weighted by molar-refractivity contribution is 6.31. The molecular weight excluding hydrogens is 202 g/mol. The highest BCUT2D eigenvalue weighted by atomic mass is 35.5. The number of pyridine rings is 1. The summed E-state index contributed by atoms with van der Waals surface area (Å²) in [7, 11) is 0. The Bertz CT molecular complexity index is 420. The molecule has 1 aromatic heterocycles. The quantitative estimate of drug-likeness (QED) is 0.663. The highest BCUT2D eigenvalue weighted by Gasteiger charge is 1.97. The van der Waals surface area contributed by atoms with Gasteiger partial charge in [0.25, 0.3) is 0 Å². The molecule has 5 heteroatoms. The Morgan fingerprint density at radius 2 is 2.36 bits per heavy atom. The molecule has 0 aliphatic carbocycles. The van der Waals surface area contributed by atoms with Gasteiger partial charge in [0.15, 0.2) is 0 Å². The minimum Gasteiger partial charge on any atom is -0.384 e. The van der Waals surface area contributed by atoms with Crippen molar-refractivity contribution >= 4 is 23.3 Å². The molecule has 0 fully saturated rings. The molecule has 1 amide bonds. The number of nitrogens with zero attached hydrogens (tertiary/aromatic N) is 1. The van der Waals surface area contributed by atoms with Crippen molar-refractivity contribution in [2.45, 2.75) is 6.42 Å². The molecule has 4 nitrogen and oxygen atoms in total. The summed E-state index contributed by atoms with van der Waals surface area (Å²) in [4.78, 5) is 14.2. The second-order valence-corrected chi connectivity index (χ2v) is 2.94. The number of hydrogen-bond donors (Lipinski definition) is 2. The number of carbonyl (C=O) groups is 1. The lowest BCUT2D eigenvalue weighted by atomic mass is 10.2. The molecule has 0 saturated heterocycles. The monoisotopic (exact) mass is 209 g/mol. The molecule has 14 heavy (non-hydrogen) atoms. The number of nitrogen functional groups attached to an aromatic ring is 1. The summed E-state index contributed by atoms with van der Waals surface area (Å²) in [6.45, 7) is 0. The van der Waals surface area contributed by atoms with Crippen LogP contribution in [0.5, 0.6) is 0 Å². The van der Waals surface area contributed by atoms with Crippen molar-refractivity contribution in [2.24, 2.45) is 5.73 Å². The number of hydrogen-bond acceptors (Lipinski definition) is 3. The summed E-state index contributed by atoms with van der Waals surface area (Å²) in [5.41, 5.74) is 10.8. The SMILES string of the molecule is NC(=O)CC#Cc1cnc(N)cc1Cl. The van der Waals surface area contributed by atoms with E-state index in [4.69, 9.17) is 23.1 Å². The van der Waals surface area contributed by atoms with Crippen molar-refractivity contribution in [3.05, 3.63) is 22.8 Å². The van der Waals surface area contributed by atoms with Crippen LogP contribution in [0.4, 0.5) is 5.82 Å². The van der Waals surface area contributed by atoms with Crippen molar-refractivity contribution in [1.82, 2.24) is 4.98 Å². The first-order valence-corrected chi connectivity index (χ1v) is 4.15. The van der Waals surface area contributed by atoms with E-state index in [1.807, 2.05) is 0 Å². The number of halogens is 1. The Morgan fingerprint density at radius 1 is 1.64 bits per heavy atom. The van der Waals surface area contributed by atoms with Gasteiger partial charge in [-0.25, -0.2) is 4.98 Å². The average Bonchev–Trinajstić information content (AvgIpc) is 2.08. The molecule has 72 valence electrons. The van der Waals surface area contributed by atoms with E-state index in [2.05, 4.69) is 16.8 Å². The first kappa shape index (κ1) is 10.4. The fourth-order valence-corrected chi connectivity index (χ4v) is 0.972. The van der Waals surface area contributed by atoms with E-state index in [0.29, 0.717) is 16.4 Å². The van der Waals surface area contributed by atoms with Crippen LogP contribution in [0.25, 0.3) is 0 Å². The number of anilines is 1. The van der Waals surface area contributed by atoms with E-state index in [0.717, 1.165) is 0 Å². The van der Waals surface area contributed by atoms with Gasteiger partial charge in [-0.1, -0.05) is 23.4 Å². The summed E-state index contributed by atoms with van der Waals surface area (Å²) < 4.78 is 0. The van der Waals surface area contributed by atoms with Gasteiger partial charge in [0, 0.05) is 12.3 Å². The van der Waals surface area contributed by atoms with E-state index < -0.39 is 5.91 Å². The lowest BCUT2D eigenvalue weighted by molar-refractivity contribution is -0.117. The fourth-order valence-electron chi connectivity index (χ4n) is 0.764. The summed E-state index contributed by atoms with van der Waals surface area (Å²) in [6.07, 6.45) is 1.45. The molecule has 0 bridgehead atoms. The van der Waals surface area contributed by atoms with Crippen molar-refractivity contribution in [3.63, 3.8) is 0 Å². The lowest BCUT2D eigenvalue weighted by Crippen LogP contribution is -2.08. The molecular formula is C9H8ClN3O. The molecule has 1 heterocycles. The van der Waals surface area contributed by atoms with Gasteiger partial charge in [-0.2, -0.15) is 0 Å². The van der Waals surface area contributed by atoms with Crippen molar-refractivity contribution in [1.29, 1.82) is 0 Å². The number of amides is 1. The molecule has 4 N–H and O–H groups in total. The highest BCUT2D eigenvalue weighted by Crippen LogP contribution is 2.15. The molecule has 0 saturated carbocycles. The van der Waals surface area contributed by atoms with Crippen LogP contribution in [0.1, 0.15) is 12.0 Å². The summed E-state index contributed by atoms with van der Waals surface area (Å²) in [5.74, 6) is 5.10. The second kappa shape index (κ2) is 4.49. The van der Waals surface area contributed by atoms with Crippen LogP contribution in [-0.2, 0) is 4.79 Å². The lowest BCUT2D eigenvalue weighted by Gasteiger charge is -1.95. The predicted octanol–water partition coefficient (Wildman–Crippen LogP) is 0.544. The second-order valence-electron chi connectivity index (χ2n) is 2.53. The van der Waals surface area contributed by atoms with E-state index in [9.17, 15) is 4.79 Å². The van der Waals surface area contributed by atoms with Crippen LogP contribution in [0.3, 0.4) is 0 Å². The van der Waals surface area contributed by atoms with Gasteiger partial charge in [0.1, 0.15) is 5.82 Å². The Kier molecular flexibility index (Phi) is 3.32. The molecule has 0 spiro atoms. The van der Waals surface area contributed by atoms with E-state index >= 15 is 0 Å². The summed E-state index contributed by atoms with van der Waals surface area (Å²) in [6, 6.07) is 1.50. The third kappa shape index (κ3) is 2.96. The van der Waals surface area contributed by atoms with Crippen LogP contribution in [0, 0.1) is 11.8 Å². The minimum atomic E-state index is -0.475. The number of aromatic nitrogens is 1. The maximum atomic E-state index is 10.4. The van der Waals surface area contributed by atoms with E-state index in [-0.39, 0.29) is 6.42 Å². The molecule has 1 aromatic rings. The van der Waals surface area contributed by atoms with Gasteiger partial charge in [-0.05, 0) is 0 Å². The zero-order valence-corrected chi connectivity index (χ0v) is 8.01. The molecule has 0 aliphatic heterocycles. The van der Waals surface area contributed by atoms with Gasteiger partial charge in [-0.15, -0.1) is 0 Å². The van der Waals surface area contributed by atoms with Crippen molar-refractivity contribution in [2.75, 3.05) is 5.73 Å². The third-order valence-corrected chi connectivity index (χ3v) is 1.67. The van der Waals surface area contributed by atoms with Crippen LogP contribution in [0.2, 0.25) is 5.02 Å². The normalized spacial score (nSPS) is 8.93. The Balaban J connectivity index is 2.85. The number of primary amides is 1. The topological polar surface area (TPSA) is 82.0 Å². The Morgan fingerprint density at radius 3 is 2.93 bits per heavy atom. The van der Waals surface area contributed by atoms with Gasteiger partial charge in [-0.3, -0.25) is 4.79 Å². The molecule has 0 aliphatic rings. The molecule has 0 aromatic carbocycles.